The summed E-state index contributed by atoms with van der Waals surface area (Å²) >= 11 is 0. The summed E-state index contributed by atoms with van der Waals surface area (Å²) in [5, 5.41) is 4.69. The Morgan fingerprint density at radius 2 is 2.09 bits per heavy atom. The number of nitrogens with zero attached hydrogens (tertiary/aromatic N) is 1. The zero-order valence-electron chi connectivity index (χ0n) is 13.3. The predicted octanol–water partition coefficient (Wildman–Crippen LogP) is 3.05. The summed E-state index contributed by atoms with van der Waals surface area (Å²) in [4.78, 5) is 17.3. The van der Waals surface area contributed by atoms with Crippen LogP contribution in [0.15, 0.2) is 30.5 Å². The fraction of sp³-hybridized carbons (Fsp3) is 0.471. The lowest BCUT2D eigenvalue weighted by Gasteiger charge is -2.34. The maximum absolute atomic E-state index is 12.3. The Balaban J connectivity index is 1.77. The molecule has 0 radical (unpaired) electrons. The Labute approximate surface area is 130 Å². The normalized spacial score (nSPS) is 19.4. The summed E-state index contributed by atoms with van der Waals surface area (Å²) in [5.41, 5.74) is 1.86. The molecule has 2 aromatic rings. The van der Waals surface area contributed by atoms with Crippen molar-refractivity contribution in [1.29, 1.82) is 0 Å². The zero-order chi connectivity index (χ0) is 15.7. The molecule has 1 aromatic carbocycles. The van der Waals surface area contributed by atoms with Crippen molar-refractivity contribution < 1.29 is 9.53 Å². The van der Waals surface area contributed by atoms with Gasteiger partial charge < -0.3 is 19.9 Å². The molecule has 0 spiro atoms. The Bertz CT molecular complexity index is 672. The summed E-state index contributed by atoms with van der Waals surface area (Å²) in [6.45, 7) is 7.74. The maximum atomic E-state index is 12.3. The second kappa shape index (κ2) is 5.65. The number of aromatic nitrogens is 1. The van der Waals surface area contributed by atoms with E-state index in [2.05, 4.69) is 22.4 Å². The van der Waals surface area contributed by atoms with Crippen molar-refractivity contribution in [3.8, 4) is 0 Å². The summed E-state index contributed by atoms with van der Waals surface area (Å²) in [7, 11) is 0. The number of fused-ring (bicyclic) bond motifs is 1. The highest BCUT2D eigenvalue weighted by molar-refractivity contribution is 5.83. The van der Waals surface area contributed by atoms with Gasteiger partial charge in [-0.25, -0.2) is 4.79 Å². The molecule has 0 unspecified atom stereocenters. The van der Waals surface area contributed by atoms with E-state index >= 15 is 0 Å². The van der Waals surface area contributed by atoms with Crippen molar-refractivity contribution in [3.05, 3.63) is 36.0 Å². The number of piperazine rings is 1. The van der Waals surface area contributed by atoms with E-state index < -0.39 is 5.60 Å². The van der Waals surface area contributed by atoms with Gasteiger partial charge in [0.15, 0.2) is 0 Å². The monoisotopic (exact) mass is 301 g/mol. The first-order valence-corrected chi connectivity index (χ1v) is 7.71. The van der Waals surface area contributed by atoms with Crippen molar-refractivity contribution in [2.45, 2.75) is 32.4 Å². The minimum absolute atomic E-state index is 0.123. The van der Waals surface area contributed by atoms with Crippen LogP contribution in [-0.2, 0) is 4.74 Å². The Hall–Kier alpha value is -2.01. The van der Waals surface area contributed by atoms with Crippen LogP contribution in [0.2, 0.25) is 0 Å². The molecule has 5 nitrogen and oxygen atoms in total. The number of hydrogen-bond donors (Lipinski definition) is 2. The molecule has 1 fully saturated rings. The van der Waals surface area contributed by atoms with E-state index in [1.807, 2.05) is 39.1 Å². The highest BCUT2D eigenvalue weighted by atomic mass is 16.6. The average molecular weight is 301 g/mol. The zero-order valence-corrected chi connectivity index (χ0v) is 13.3. The average Bonchev–Trinajstić information content (AvgIpc) is 2.89. The molecule has 1 aromatic heterocycles. The van der Waals surface area contributed by atoms with E-state index in [0.717, 1.165) is 12.1 Å². The van der Waals surface area contributed by atoms with Gasteiger partial charge in [0.1, 0.15) is 5.60 Å². The lowest BCUT2D eigenvalue weighted by Crippen LogP contribution is -2.49. The fourth-order valence-electron chi connectivity index (χ4n) is 2.83. The molecule has 0 bridgehead atoms. The van der Waals surface area contributed by atoms with Crippen LogP contribution in [0.25, 0.3) is 10.9 Å². The number of hydrogen-bond acceptors (Lipinski definition) is 3. The van der Waals surface area contributed by atoms with Crippen LogP contribution < -0.4 is 5.32 Å². The van der Waals surface area contributed by atoms with Crippen LogP contribution >= 0.6 is 0 Å². The molecule has 1 saturated heterocycles. The van der Waals surface area contributed by atoms with Gasteiger partial charge in [-0.05, 0) is 32.4 Å². The number of ether oxygens (including phenoxy) is 1. The van der Waals surface area contributed by atoms with Crippen molar-refractivity contribution in [2.24, 2.45) is 0 Å². The van der Waals surface area contributed by atoms with E-state index in [1.165, 1.54) is 10.9 Å². The number of carbonyl (C=O) groups is 1. The molecule has 2 heterocycles. The van der Waals surface area contributed by atoms with E-state index in [9.17, 15) is 4.79 Å². The molecule has 1 aliphatic rings. The molecule has 1 aliphatic heterocycles. The first kappa shape index (κ1) is 14.9. The van der Waals surface area contributed by atoms with Crippen molar-refractivity contribution in [1.82, 2.24) is 15.2 Å². The Morgan fingerprint density at radius 3 is 2.86 bits per heavy atom. The minimum Gasteiger partial charge on any atom is -0.444 e. The first-order valence-electron chi connectivity index (χ1n) is 7.71. The number of nitrogens with one attached hydrogen (secondary N) is 2. The molecule has 118 valence electrons. The number of rotatable bonds is 1. The van der Waals surface area contributed by atoms with Crippen LogP contribution in [0.4, 0.5) is 4.79 Å². The van der Waals surface area contributed by atoms with Crippen LogP contribution in [-0.4, -0.2) is 41.2 Å². The van der Waals surface area contributed by atoms with E-state index in [1.54, 1.807) is 4.90 Å². The highest BCUT2D eigenvalue weighted by Crippen LogP contribution is 2.26. The number of amides is 1. The summed E-state index contributed by atoms with van der Waals surface area (Å²) in [5.74, 6) is 0. The minimum atomic E-state index is -0.460. The first-order chi connectivity index (χ1) is 10.4. The smallest absolute Gasteiger partial charge is 0.410 e. The molecule has 5 heteroatoms. The molecule has 3 rings (SSSR count). The third kappa shape index (κ3) is 3.09. The van der Waals surface area contributed by atoms with Crippen molar-refractivity contribution in [3.63, 3.8) is 0 Å². The number of aromatic amines is 1. The maximum Gasteiger partial charge on any atom is 0.410 e. The quantitative estimate of drug-likeness (QED) is 0.851. The van der Waals surface area contributed by atoms with E-state index in [0.29, 0.717) is 13.1 Å². The molecule has 1 atom stereocenters. The third-order valence-electron chi connectivity index (χ3n) is 3.82. The standard InChI is InChI=1S/C17H23N3O2/c1-17(2,3)22-16(21)20-9-8-18-15(11-20)13-10-19-14-7-5-4-6-12(13)14/h4-7,10,15,18-19H,8-9,11H2,1-3H3/t15-/m0/s1. The second-order valence-corrected chi connectivity index (χ2v) is 6.72. The molecular weight excluding hydrogens is 278 g/mol. The lowest BCUT2D eigenvalue weighted by molar-refractivity contribution is 0.0195. The van der Waals surface area contributed by atoms with Gasteiger partial charge >= 0.3 is 6.09 Å². The number of benzene rings is 1. The highest BCUT2D eigenvalue weighted by Gasteiger charge is 2.29. The second-order valence-electron chi connectivity index (χ2n) is 6.72. The van der Waals surface area contributed by atoms with Crippen molar-refractivity contribution in [2.75, 3.05) is 19.6 Å². The van der Waals surface area contributed by atoms with E-state index in [-0.39, 0.29) is 12.1 Å². The third-order valence-corrected chi connectivity index (χ3v) is 3.82. The molecule has 2 N–H and O–H groups in total. The number of carbonyl (C=O) groups excluding carboxylic acids is 1. The van der Waals surface area contributed by atoms with Gasteiger partial charge in [-0.2, -0.15) is 0 Å². The SMILES string of the molecule is CC(C)(C)OC(=O)N1CCN[C@H](c2c[nH]c3ccccc23)C1. The van der Waals surface area contributed by atoms with Gasteiger partial charge in [0.05, 0.1) is 6.04 Å². The lowest BCUT2D eigenvalue weighted by atomic mass is 10.0. The van der Waals surface area contributed by atoms with Crippen LogP contribution in [0.1, 0.15) is 32.4 Å². The number of H-pyrrole nitrogens is 1. The largest absolute Gasteiger partial charge is 0.444 e. The summed E-state index contributed by atoms with van der Waals surface area (Å²) in [6.07, 6.45) is 1.79. The Kier molecular flexibility index (Phi) is 3.83. The van der Waals surface area contributed by atoms with Crippen LogP contribution in [0.3, 0.4) is 0 Å². The van der Waals surface area contributed by atoms with Gasteiger partial charge in [-0.1, -0.05) is 18.2 Å². The van der Waals surface area contributed by atoms with Gasteiger partial charge in [0.2, 0.25) is 0 Å². The van der Waals surface area contributed by atoms with E-state index in [4.69, 9.17) is 4.74 Å². The van der Waals surface area contributed by atoms with Gasteiger partial charge in [-0.3, -0.25) is 0 Å². The van der Waals surface area contributed by atoms with Crippen molar-refractivity contribution >= 4 is 17.0 Å². The van der Waals surface area contributed by atoms with Crippen LogP contribution in [0.5, 0.6) is 0 Å². The molecular formula is C17H23N3O2. The van der Waals surface area contributed by atoms with Gasteiger partial charge in [0, 0.05) is 36.7 Å². The molecule has 0 aliphatic carbocycles. The predicted molar refractivity (Wildman–Crippen MR) is 86.8 cm³/mol. The van der Waals surface area contributed by atoms with Gasteiger partial charge in [-0.15, -0.1) is 0 Å². The number of para-hydroxylation sites is 1. The fourth-order valence-corrected chi connectivity index (χ4v) is 2.83. The summed E-state index contributed by atoms with van der Waals surface area (Å²) in [6, 6.07) is 8.35. The Morgan fingerprint density at radius 1 is 1.32 bits per heavy atom. The molecule has 1 amide bonds. The van der Waals surface area contributed by atoms with Crippen LogP contribution in [0, 0.1) is 0 Å². The summed E-state index contributed by atoms with van der Waals surface area (Å²) < 4.78 is 5.48. The molecule has 0 saturated carbocycles. The molecule has 22 heavy (non-hydrogen) atoms. The van der Waals surface area contributed by atoms with Gasteiger partial charge in [0.25, 0.3) is 0 Å². The topological polar surface area (TPSA) is 57.4 Å².